The fourth-order valence-electron chi connectivity index (χ4n) is 2.41. The van der Waals surface area contributed by atoms with E-state index >= 15 is 0 Å². The molecule has 0 bridgehead atoms. The first-order valence-electron chi connectivity index (χ1n) is 8.71. The zero-order valence-electron chi connectivity index (χ0n) is 14.2. The Labute approximate surface area is 131 Å². The van der Waals surface area contributed by atoms with E-state index in [4.69, 9.17) is 4.74 Å². The van der Waals surface area contributed by atoms with Crippen LogP contribution in [0.25, 0.3) is 0 Å². The molecule has 0 aliphatic heterocycles. The fraction of sp³-hybridized carbons (Fsp3) is 0.684. The highest BCUT2D eigenvalue weighted by atomic mass is 16.5. The van der Waals surface area contributed by atoms with Crippen LogP contribution in [0.5, 0.6) is 5.75 Å². The fourth-order valence-corrected chi connectivity index (χ4v) is 2.41. The summed E-state index contributed by atoms with van der Waals surface area (Å²) in [5.41, 5.74) is 1.41. The second-order valence-electron chi connectivity index (χ2n) is 5.95. The Bertz CT molecular complexity index is 347. The van der Waals surface area contributed by atoms with Gasteiger partial charge in [0.25, 0.3) is 0 Å². The highest BCUT2D eigenvalue weighted by Gasteiger charge is 2.01. The van der Waals surface area contributed by atoms with E-state index in [1.54, 1.807) is 0 Å². The summed E-state index contributed by atoms with van der Waals surface area (Å²) in [6.45, 7) is 8.41. The van der Waals surface area contributed by atoms with E-state index in [1.807, 2.05) is 0 Å². The van der Waals surface area contributed by atoms with Gasteiger partial charge in [-0.05, 0) is 43.9 Å². The van der Waals surface area contributed by atoms with Crippen molar-refractivity contribution in [3.8, 4) is 5.75 Å². The van der Waals surface area contributed by atoms with Gasteiger partial charge in [-0.15, -0.1) is 0 Å². The van der Waals surface area contributed by atoms with Crippen LogP contribution >= 0.6 is 0 Å². The van der Waals surface area contributed by atoms with Crippen molar-refractivity contribution >= 4 is 0 Å². The molecule has 1 atom stereocenters. The first-order valence-corrected chi connectivity index (χ1v) is 8.71. The Morgan fingerprint density at radius 3 is 2.38 bits per heavy atom. The van der Waals surface area contributed by atoms with Crippen LogP contribution in [0.1, 0.15) is 64.9 Å². The lowest BCUT2D eigenvalue weighted by Gasteiger charge is -2.14. The minimum Gasteiger partial charge on any atom is -0.492 e. The zero-order valence-corrected chi connectivity index (χ0v) is 14.2. The summed E-state index contributed by atoms with van der Waals surface area (Å²) in [6.07, 6.45) is 8.91. The molecule has 2 nitrogen and oxygen atoms in total. The molecule has 0 fully saturated rings. The predicted octanol–water partition coefficient (Wildman–Crippen LogP) is 4.97. The number of hydrogen-bond donors (Lipinski definition) is 1. The number of hydrogen-bond acceptors (Lipinski definition) is 2. The summed E-state index contributed by atoms with van der Waals surface area (Å²) in [4.78, 5) is 0. The van der Waals surface area contributed by atoms with Crippen molar-refractivity contribution in [3.05, 3.63) is 29.8 Å². The normalized spacial score (nSPS) is 12.3. The monoisotopic (exact) mass is 291 g/mol. The van der Waals surface area contributed by atoms with Gasteiger partial charge < -0.3 is 10.1 Å². The first-order chi connectivity index (χ1) is 10.3. The quantitative estimate of drug-likeness (QED) is 0.549. The van der Waals surface area contributed by atoms with Gasteiger partial charge in [-0.3, -0.25) is 0 Å². The maximum atomic E-state index is 5.78. The summed E-state index contributed by atoms with van der Waals surface area (Å²) in [6, 6.07) is 9.15. The van der Waals surface area contributed by atoms with Crippen LogP contribution in [-0.4, -0.2) is 19.2 Å². The lowest BCUT2D eigenvalue weighted by Crippen LogP contribution is -2.30. The zero-order chi connectivity index (χ0) is 15.3. The van der Waals surface area contributed by atoms with Gasteiger partial charge in [-0.2, -0.15) is 0 Å². The number of nitrogens with one attached hydrogen (secondary N) is 1. The lowest BCUT2D eigenvalue weighted by molar-refractivity contribution is 0.304. The Balaban J connectivity index is 2.12. The molecular formula is C19H33NO. The van der Waals surface area contributed by atoms with Crippen molar-refractivity contribution in [1.29, 1.82) is 0 Å². The van der Waals surface area contributed by atoms with E-state index in [2.05, 4.69) is 50.4 Å². The molecule has 0 aromatic heterocycles. The Morgan fingerprint density at radius 1 is 1.00 bits per heavy atom. The third kappa shape index (κ3) is 8.77. The molecule has 0 radical (unpaired) electrons. The molecule has 1 rings (SSSR count). The topological polar surface area (TPSA) is 21.3 Å². The molecule has 0 saturated heterocycles. The van der Waals surface area contributed by atoms with Gasteiger partial charge >= 0.3 is 0 Å². The highest BCUT2D eigenvalue weighted by molar-refractivity contribution is 5.27. The van der Waals surface area contributed by atoms with Crippen LogP contribution in [0.3, 0.4) is 0 Å². The average molecular weight is 291 g/mol. The van der Waals surface area contributed by atoms with E-state index < -0.39 is 0 Å². The molecule has 1 aromatic rings. The summed E-state index contributed by atoms with van der Waals surface area (Å²) >= 11 is 0. The number of rotatable bonds is 12. The number of benzene rings is 1. The summed E-state index contributed by atoms with van der Waals surface area (Å²) in [5.74, 6) is 0.982. The minimum absolute atomic E-state index is 0.594. The Morgan fingerprint density at radius 2 is 1.71 bits per heavy atom. The molecule has 21 heavy (non-hydrogen) atoms. The van der Waals surface area contributed by atoms with Crippen molar-refractivity contribution in [1.82, 2.24) is 5.32 Å². The van der Waals surface area contributed by atoms with Gasteiger partial charge in [-0.1, -0.05) is 51.7 Å². The van der Waals surface area contributed by atoms with E-state index in [0.717, 1.165) is 18.9 Å². The van der Waals surface area contributed by atoms with E-state index in [9.17, 15) is 0 Å². The van der Waals surface area contributed by atoms with Gasteiger partial charge in [0.15, 0.2) is 0 Å². The molecule has 0 saturated carbocycles. The molecule has 1 unspecified atom stereocenters. The van der Waals surface area contributed by atoms with Crippen molar-refractivity contribution in [2.24, 2.45) is 0 Å². The largest absolute Gasteiger partial charge is 0.492 e. The third-order valence-electron chi connectivity index (χ3n) is 3.85. The van der Waals surface area contributed by atoms with Crippen LogP contribution in [0.2, 0.25) is 0 Å². The van der Waals surface area contributed by atoms with Crippen LogP contribution in [0, 0.1) is 0 Å². The maximum absolute atomic E-state index is 5.78. The van der Waals surface area contributed by atoms with Gasteiger partial charge in [0.05, 0.1) is 0 Å². The van der Waals surface area contributed by atoms with Gasteiger partial charge in [0, 0.05) is 12.6 Å². The molecular weight excluding hydrogens is 258 g/mol. The van der Waals surface area contributed by atoms with Crippen molar-refractivity contribution < 1.29 is 4.74 Å². The maximum Gasteiger partial charge on any atom is 0.119 e. The van der Waals surface area contributed by atoms with Crippen LogP contribution in [-0.2, 0) is 6.42 Å². The average Bonchev–Trinajstić information content (AvgIpc) is 2.51. The smallest absolute Gasteiger partial charge is 0.119 e. The number of aryl methyl sites for hydroxylation is 1. The third-order valence-corrected chi connectivity index (χ3v) is 3.85. The summed E-state index contributed by atoms with van der Waals surface area (Å²) < 4.78 is 5.78. The molecule has 1 aromatic carbocycles. The molecule has 0 aliphatic rings. The first kappa shape index (κ1) is 18.0. The number of ether oxygens (including phenoxy) is 1. The lowest BCUT2D eigenvalue weighted by atomic mass is 10.1. The second-order valence-corrected chi connectivity index (χ2v) is 5.95. The van der Waals surface area contributed by atoms with Crippen LogP contribution in [0.4, 0.5) is 0 Å². The van der Waals surface area contributed by atoms with Crippen LogP contribution < -0.4 is 10.1 Å². The van der Waals surface area contributed by atoms with Crippen molar-refractivity contribution in [2.75, 3.05) is 13.2 Å². The minimum atomic E-state index is 0.594. The van der Waals surface area contributed by atoms with Gasteiger partial charge in [0.1, 0.15) is 12.4 Å². The molecule has 0 spiro atoms. The Hall–Kier alpha value is -1.02. The molecule has 0 amide bonds. The number of unbranched alkanes of at least 4 members (excludes halogenated alkanes) is 3. The molecule has 0 heterocycles. The Kier molecular flexibility index (Phi) is 9.98. The molecule has 120 valence electrons. The van der Waals surface area contributed by atoms with Gasteiger partial charge in [0.2, 0.25) is 0 Å². The van der Waals surface area contributed by atoms with Crippen molar-refractivity contribution in [2.45, 2.75) is 71.8 Å². The van der Waals surface area contributed by atoms with Gasteiger partial charge in [-0.25, -0.2) is 0 Å². The summed E-state index contributed by atoms with van der Waals surface area (Å²) in [7, 11) is 0. The molecule has 2 heteroatoms. The van der Waals surface area contributed by atoms with E-state index in [1.165, 1.54) is 50.5 Å². The predicted molar refractivity (Wildman–Crippen MR) is 92.2 cm³/mol. The van der Waals surface area contributed by atoms with Crippen molar-refractivity contribution in [3.63, 3.8) is 0 Å². The molecule has 0 aliphatic carbocycles. The van der Waals surface area contributed by atoms with E-state index in [0.29, 0.717) is 6.04 Å². The molecule has 1 N–H and O–H groups in total. The second kappa shape index (κ2) is 11.6. The highest BCUT2D eigenvalue weighted by Crippen LogP contribution is 2.13. The SMILES string of the molecule is CCCCCC(C)NCCOc1ccc(CCCC)cc1. The van der Waals surface area contributed by atoms with Crippen LogP contribution in [0.15, 0.2) is 24.3 Å². The van der Waals surface area contributed by atoms with E-state index in [-0.39, 0.29) is 0 Å². The summed E-state index contributed by atoms with van der Waals surface area (Å²) in [5, 5.41) is 3.53. The standard InChI is InChI=1S/C19H33NO/c1-4-6-8-9-17(3)20-15-16-21-19-13-11-18(12-14-19)10-7-5-2/h11-14,17,20H,4-10,15-16H2,1-3H3.